The summed E-state index contributed by atoms with van der Waals surface area (Å²) in [5.74, 6) is -0.221. The molecule has 0 fully saturated rings. The molecule has 0 unspecified atom stereocenters. The summed E-state index contributed by atoms with van der Waals surface area (Å²) in [6.07, 6.45) is 0. The number of para-hydroxylation sites is 1. The van der Waals surface area contributed by atoms with Crippen molar-refractivity contribution in [2.24, 2.45) is 0 Å². The van der Waals surface area contributed by atoms with E-state index in [9.17, 15) is 4.79 Å². The highest BCUT2D eigenvalue weighted by molar-refractivity contribution is 6.05. The smallest absolute Gasteiger partial charge is 0.236 e. The van der Waals surface area contributed by atoms with Crippen molar-refractivity contribution in [3.8, 4) is 5.75 Å². The molecule has 2 aliphatic rings. The standard InChI is InChI=1S/C17H14O3/c1-16-13-9-5-6-10-14(13)19-17(2,20-16)12-8-4-3-7-11(12)15(16)18/h3-10H,1-2H3/t16-,17-/m1/s1. The van der Waals surface area contributed by atoms with Crippen LogP contribution in [-0.4, -0.2) is 5.78 Å². The highest BCUT2D eigenvalue weighted by atomic mass is 16.7. The van der Waals surface area contributed by atoms with Gasteiger partial charge >= 0.3 is 0 Å². The van der Waals surface area contributed by atoms with Gasteiger partial charge in [-0.3, -0.25) is 4.79 Å². The summed E-state index contributed by atoms with van der Waals surface area (Å²) in [4.78, 5) is 12.9. The van der Waals surface area contributed by atoms with E-state index in [1.165, 1.54) is 0 Å². The van der Waals surface area contributed by atoms with Crippen LogP contribution in [0, 0.1) is 0 Å². The molecule has 3 nitrogen and oxygen atoms in total. The summed E-state index contributed by atoms with van der Waals surface area (Å²) in [7, 11) is 0. The Morgan fingerprint density at radius 3 is 2.35 bits per heavy atom. The average Bonchev–Trinajstić information content (AvgIpc) is 2.45. The molecule has 4 rings (SSSR count). The van der Waals surface area contributed by atoms with Gasteiger partial charge in [0.1, 0.15) is 5.75 Å². The minimum Gasteiger partial charge on any atom is -0.458 e. The molecule has 20 heavy (non-hydrogen) atoms. The van der Waals surface area contributed by atoms with E-state index in [2.05, 4.69) is 0 Å². The normalized spacial score (nSPS) is 30.2. The summed E-state index contributed by atoms with van der Waals surface area (Å²) in [6.45, 7) is 3.69. The van der Waals surface area contributed by atoms with Gasteiger partial charge in [-0.2, -0.15) is 0 Å². The van der Waals surface area contributed by atoms with Gasteiger partial charge in [0.05, 0.1) is 0 Å². The molecule has 0 aromatic heterocycles. The molecule has 3 heteroatoms. The largest absolute Gasteiger partial charge is 0.458 e. The van der Waals surface area contributed by atoms with Crippen LogP contribution in [0.1, 0.15) is 35.3 Å². The molecule has 2 heterocycles. The Bertz CT molecular complexity index is 737. The van der Waals surface area contributed by atoms with E-state index in [4.69, 9.17) is 9.47 Å². The first-order valence-corrected chi connectivity index (χ1v) is 6.68. The Balaban J connectivity index is 2.06. The maximum atomic E-state index is 12.9. The van der Waals surface area contributed by atoms with Gasteiger partial charge in [-0.25, -0.2) is 0 Å². The van der Waals surface area contributed by atoms with Gasteiger partial charge in [0.25, 0.3) is 0 Å². The van der Waals surface area contributed by atoms with E-state index < -0.39 is 11.4 Å². The number of hydrogen-bond donors (Lipinski definition) is 0. The van der Waals surface area contributed by atoms with Crippen LogP contribution in [0.3, 0.4) is 0 Å². The summed E-state index contributed by atoms with van der Waals surface area (Å²) in [5, 5.41) is 0. The molecular weight excluding hydrogens is 252 g/mol. The zero-order chi connectivity index (χ0) is 14.0. The minimum atomic E-state index is -0.988. The third kappa shape index (κ3) is 1.26. The number of fused-ring (bicyclic) bond motifs is 6. The predicted molar refractivity (Wildman–Crippen MR) is 73.6 cm³/mol. The first-order valence-electron chi connectivity index (χ1n) is 6.68. The van der Waals surface area contributed by atoms with Crippen LogP contribution in [0.5, 0.6) is 5.75 Å². The number of hydrogen-bond acceptors (Lipinski definition) is 3. The molecule has 0 spiro atoms. The topological polar surface area (TPSA) is 35.5 Å². The summed E-state index contributed by atoms with van der Waals surface area (Å²) < 4.78 is 12.1. The molecular formula is C17H14O3. The minimum absolute atomic E-state index is 0.0127. The first kappa shape index (κ1) is 11.7. The maximum absolute atomic E-state index is 12.9. The van der Waals surface area contributed by atoms with Gasteiger partial charge in [-0.15, -0.1) is 0 Å². The molecule has 0 saturated carbocycles. The van der Waals surface area contributed by atoms with E-state index in [-0.39, 0.29) is 5.78 Å². The highest BCUT2D eigenvalue weighted by Crippen LogP contribution is 2.52. The van der Waals surface area contributed by atoms with E-state index in [0.717, 1.165) is 11.1 Å². The van der Waals surface area contributed by atoms with Crippen LogP contribution in [-0.2, 0) is 16.1 Å². The quantitative estimate of drug-likeness (QED) is 0.733. The lowest BCUT2D eigenvalue weighted by Gasteiger charge is -2.49. The maximum Gasteiger partial charge on any atom is 0.236 e. The van der Waals surface area contributed by atoms with Crippen molar-refractivity contribution >= 4 is 5.78 Å². The number of benzene rings is 2. The van der Waals surface area contributed by atoms with E-state index in [1.54, 1.807) is 0 Å². The Morgan fingerprint density at radius 2 is 1.55 bits per heavy atom. The van der Waals surface area contributed by atoms with Crippen LogP contribution < -0.4 is 4.74 Å². The van der Waals surface area contributed by atoms with Crippen molar-refractivity contribution in [2.75, 3.05) is 0 Å². The first-order chi connectivity index (χ1) is 9.55. The Labute approximate surface area is 117 Å². The van der Waals surface area contributed by atoms with E-state index in [0.29, 0.717) is 11.3 Å². The Hall–Kier alpha value is -2.13. The van der Waals surface area contributed by atoms with Crippen molar-refractivity contribution < 1.29 is 14.3 Å². The summed E-state index contributed by atoms with van der Waals surface area (Å²) in [5.41, 5.74) is 1.27. The van der Waals surface area contributed by atoms with Crippen LogP contribution in [0.4, 0.5) is 0 Å². The van der Waals surface area contributed by atoms with Crippen LogP contribution in [0.25, 0.3) is 0 Å². The lowest BCUT2D eigenvalue weighted by Crippen LogP contribution is -2.54. The summed E-state index contributed by atoms with van der Waals surface area (Å²) in [6, 6.07) is 15.1. The van der Waals surface area contributed by atoms with E-state index in [1.807, 2.05) is 62.4 Å². The van der Waals surface area contributed by atoms with Crippen LogP contribution in [0.15, 0.2) is 48.5 Å². The molecule has 0 amide bonds. The number of Topliss-reactive ketones (excluding diaryl/α,β-unsaturated/α-hetero) is 1. The predicted octanol–water partition coefficient (Wildman–Crippen LogP) is 3.38. The molecule has 2 aromatic rings. The second kappa shape index (κ2) is 3.49. The Kier molecular flexibility index (Phi) is 2.04. The van der Waals surface area contributed by atoms with E-state index >= 15 is 0 Å². The monoisotopic (exact) mass is 266 g/mol. The zero-order valence-corrected chi connectivity index (χ0v) is 11.3. The average molecular weight is 266 g/mol. The number of ether oxygens (including phenoxy) is 2. The fourth-order valence-corrected chi connectivity index (χ4v) is 3.24. The second-order valence-electron chi connectivity index (χ2n) is 5.55. The lowest BCUT2D eigenvalue weighted by atomic mass is 9.79. The second-order valence-corrected chi connectivity index (χ2v) is 5.55. The molecule has 0 saturated heterocycles. The molecule has 0 aliphatic carbocycles. The molecule has 2 aliphatic heterocycles. The van der Waals surface area contributed by atoms with Crippen LogP contribution in [0.2, 0.25) is 0 Å². The fraction of sp³-hybridized carbons (Fsp3) is 0.235. The highest BCUT2D eigenvalue weighted by Gasteiger charge is 2.56. The van der Waals surface area contributed by atoms with Crippen molar-refractivity contribution in [1.82, 2.24) is 0 Å². The van der Waals surface area contributed by atoms with Gasteiger partial charge < -0.3 is 9.47 Å². The summed E-state index contributed by atoms with van der Waals surface area (Å²) >= 11 is 0. The molecule has 2 atom stereocenters. The molecule has 2 aromatic carbocycles. The van der Waals surface area contributed by atoms with Gasteiger partial charge in [-0.1, -0.05) is 42.5 Å². The third-order valence-corrected chi connectivity index (χ3v) is 4.20. The van der Waals surface area contributed by atoms with Crippen molar-refractivity contribution in [3.05, 3.63) is 65.2 Å². The van der Waals surface area contributed by atoms with Gasteiger partial charge in [0.15, 0.2) is 11.4 Å². The molecule has 0 radical (unpaired) electrons. The SMILES string of the molecule is C[C@@]12Oc3ccccc3[C@@](C)(O1)C(=O)c1ccccc12. The third-order valence-electron chi connectivity index (χ3n) is 4.20. The van der Waals surface area contributed by atoms with Crippen LogP contribution >= 0.6 is 0 Å². The molecule has 0 N–H and O–H groups in total. The van der Waals surface area contributed by atoms with Crippen molar-refractivity contribution in [3.63, 3.8) is 0 Å². The molecule has 2 bridgehead atoms. The Morgan fingerprint density at radius 1 is 0.900 bits per heavy atom. The lowest BCUT2D eigenvalue weighted by molar-refractivity contribution is -0.254. The van der Waals surface area contributed by atoms with Gasteiger partial charge in [0, 0.05) is 23.6 Å². The number of carbonyl (C=O) groups is 1. The zero-order valence-electron chi connectivity index (χ0n) is 11.3. The number of rotatable bonds is 0. The van der Waals surface area contributed by atoms with Crippen molar-refractivity contribution in [1.29, 1.82) is 0 Å². The number of carbonyl (C=O) groups excluding carboxylic acids is 1. The molecule has 100 valence electrons. The van der Waals surface area contributed by atoms with Gasteiger partial charge in [0.2, 0.25) is 5.79 Å². The van der Waals surface area contributed by atoms with Gasteiger partial charge in [-0.05, 0) is 13.0 Å². The fourth-order valence-electron chi connectivity index (χ4n) is 3.24. The van der Waals surface area contributed by atoms with Crippen molar-refractivity contribution in [2.45, 2.75) is 25.2 Å². The number of ketones is 1.